The van der Waals surface area contributed by atoms with Crippen LogP contribution in [0, 0.1) is 23.2 Å². The minimum Gasteiger partial charge on any atom is -0.301 e. The van der Waals surface area contributed by atoms with E-state index in [1.807, 2.05) is 0 Å². The molecule has 0 N–H and O–H groups in total. The fourth-order valence-electron chi connectivity index (χ4n) is 7.35. The summed E-state index contributed by atoms with van der Waals surface area (Å²) in [6.45, 7) is 9.54. The molecule has 0 aromatic heterocycles. The van der Waals surface area contributed by atoms with E-state index in [0.29, 0.717) is 5.41 Å². The Kier molecular flexibility index (Phi) is 4.49. The van der Waals surface area contributed by atoms with Crippen molar-refractivity contribution in [3.05, 3.63) is 35.9 Å². The lowest BCUT2D eigenvalue weighted by molar-refractivity contribution is -0.0897. The maximum Gasteiger partial charge on any atom is 0.00722 e. The van der Waals surface area contributed by atoms with Gasteiger partial charge in [-0.3, -0.25) is 0 Å². The normalized spacial score (nSPS) is 38.7. The summed E-state index contributed by atoms with van der Waals surface area (Å²) in [4.78, 5) is 2.68. The third-order valence-electron chi connectivity index (χ3n) is 7.76. The van der Waals surface area contributed by atoms with Crippen LogP contribution in [-0.2, 0) is 0 Å². The molecule has 0 aliphatic heterocycles. The van der Waals surface area contributed by atoms with Gasteiger partial charge in [0.2, 0.25) is 0 Å². The SMILES string of the molecule is CCN(CC)C(C)CC12CC3CC(CC(C3)C1c1ccccc1)C2. The van der Waals surface area contributed by atoms with Crippen LogP contribution in [0.25, 0.3) is 0 Å². The molecular formula is C23H35N. The van der Waals surface area contributed by atoms with Crippen LogP contribution in [0.15, 0.2) is 30.3 Å². The summed E-state index contributed by atoms with van der Waals surface area (Å²) in [7, 11) is 0. The molecule has 0 spiro atoms. The molecule has 1 nitrogen and oxygen atoms in total. The van der Waals surface area contributed by atoms with E-state index in [1.165, 1.54) is 45.2 Å². The molecule has 0 amide bonds. The largest absolute Gasteiger partial charge is 0.301 e. The third kappa shape index (κ3) is 2.73. The van der Waals surface area contributed by atoms with Gasteiger partial charge in [-0.15, -0.1) is 0 Å². The first-order valence-electron chi connectivity index (χ1n) is 10.4. The number of rotatable bonds is 6. The van der Waals surface area contributed by atoms with E-state index in [9.17, 15) is 0 Å². The highest BCUT2D eigenvalue weighted by molar-refractivity contribution is 5.27. The second kappa shape index (κ2) is 6.48. The zero-order valence-electron chi connectivity index (χ0n) is 15.9. The standard InChI is InChI=1S/C23H35N/c1-4-24(5-2)17(3)14-23-15-18-11-19(16-23)13-21(12-18)22(23)20-9-7-6-8-10-20/h6-10,17-19,21-22H,4-5,11-16H2,1-3H3. The van der Waals surface area contributed by atoms with Crippen molar-refractivity contribution >= 4 is 0 Å². The maximum atomic E-state index is 2.68. The maximum absolute atomic E-state index is 2.68. The molecule has 4 aliphatic rings. The Morgan fingerprint density at radius 3 is 2.21 bits per heavy atom. The average Bonchev–Trinajstić information content (AvgIpc) is 2.55. The fraction of sp³-hybridized carbons (Fsp3) is 0.739. The van der Waals surface area contributed by atoms with Gasteiger partial charge >= 0.3 is 0 Å². The molecule has 4 unspecified atom stereocenters. The van der Waals surface area contributed by atoms with Crippen LogP contribution in [0.1, 0.15) is 70.8 Å². The van der Waals surface area contributed by atoms with E-state index in [2.05, 4.69) is 56.0 Å². The fourth-order valence-corrected chi connectivity index (χ4v) is 7.35. The molecule has 1 aromatic rings. The molecule has 0 radical (unpaired) electrons. The van der Waals surface area contributed by atoms with Crippen molar-refractivity contribution in [2.24, 2.45) is 23.2 Å². The van der Waals surface area contributed by atoms with Crippen molar-refractivity contribution < 1.29 is 0 Å². The predicted octanol–water partition coefficient (Wildman–Crippen LogP) is 5.72. The van der Waals surface area contributed by atoms with E-state index >= 15 is 0 Å². The monoisotopic (exact) mass is 325 g/mol. The Balaban J connectivity index is 1.66. The Morgan fingerprint density at radius 1 is 1.00 bits per heavy atom. The molecule has 0 heterocycles. The van der Waals surface area contributed by atoms with Crippen molar-refractivity contribution in [1.29, 1.82) is 0 Å². The zero-order valence-corrected chi connectivity index (χ0v) is 15.9. The second-order valence-corrected chi connectivity index (χ2v) is 9.13. The number of nitrogens with zero attached hydrogens (tertiary/aromatic N) is 1. The van der Waals surface area contributed by atoms with Crippen LogP contribution in [0.5, 0.6) is 0 Å². The first-order chi connectivity index (χ1) is 11.6. The molecule has 4 saturated carbocycles. The molecule has 1 aromatic carbocycles. The van der Waals surface area contributed by atoms with Gasteiger partial charge in [0, 0.05) is 6.04 Å². The lowest BCUT2D eigenvalue weighted by atomic mass is 9.43. The highest BCUT2D eigenvalue weighted by Crippen LogP contribution is 2.67. The van der Waals surface area contributed by atoms with Gasteiger partial charge < -0.3 is 4.90 Å². The van der Waals surface area contributed by atoms with E-state index < -0.39 is 0 Å². The van der Waals surface area contributed by atoms with Gasteiger partial charge in [0.15, 0.2) is 0 Å². The number of hydrogen-bond donors (Lipinski definition) is 0. The molecule has 4 atom stereocenters. The lowest BCUT2D eigenvalue weighted by Gasteiger charge is -2.62. The molecule has 24 heavy (non-hydrogen) atoms. The minimum absolute atomic E-state index is 0.581. The van der Waals surface area contributed by atoms with Gasteiger partial charge in [0.05, 0.1) is 0 Å². The van der Waals surface area contributed by atoms with Crippen LogP contribution < -0.4 is 0 Å². The molecule has 1 heteroatoms. The van der Waals surface area contributed by atoms with Crippen molar-refractivity contribution in [1.82, 2.24) is 4.90 Å². The quantitative estimate of drug-likeness (QED) is 0.647. The van der Waals surface area contributed by atoms with Gasteiger partial charge in [-0.2, -0.15) is 0 Å². The summed E-state index contributed by atoms with van der Waals surface area (Å²) < 4.78 is 0. The topological polar surface area (TPSA) is 3.24 Å². The van der Waals surface area contributed by atoms with Gasteiger partial charge in [-0.1, -0.05) is 44.2 Å². The van der Waals surface area contributed by atoms with Gasteiger partial charge in [0.1, 0.15) is 0 Å². The Labute approximate surface area is 148 Å². The van der Waals surface area contributed by atoms with Crippen molar-refractivity contribution in [2.45, 2.75) is 71.3 Å². The second-order valence-electron chi connectivity index (χ2n) is 9.13. The Bertz CT molecular complexity index is 532. The Hall–Kier alpha value is -0.820. The highest BCUT2D eigenvalue weighted by atomic mass is 15.1. The van der Waals surface area contributed by atoms with Crippen LogP contribution in [0.3, 0.4) is 0 Å². The van der Waals surface area contributed by atoms with Crippen LogP contribution in [0.4, 0.5) is 0 Å². The van der Waals surface area contributed by atoms with Crippen molar-refractivity contribution in [3.63, 3.8) is 0 Å². The van der Waals surface area contributed by atoms with E-state index in [0.717, 1.165) is 29.7 Å². The minimum atomic E-state index is 0.581. The van der Waals surface area contributed by atoms with Gasteiger partial charge in [-0.25, -0.2) is 0 Å². The van der Waals surface area contributed by atoms with Crippen molar-refractivity contribution in [2.75, 3.05) is 13.1 Å². The predicted molar refractivity (Wildman–Crippen MR) is 102 cm³/mol. The lowest BCUT2D eigenvalue weighted by Crippen LogP contribution is -2.53. The van der Waals surface area contributed by atoms with Crippen molar-refractivity contribution in [3.8, 4) is 0 Å². The summed E-state index contributed by atoms with van der Waals surface area (Å²) in [5.74, 6) is 3.85. The van der Waals surface area contributed by atoms with Crippen LogP contribution in [0.2, 0.25) is 0 Å². The molecule has 4 fully saturated rings. The first-order valence-corrected chi connectivity index (χ1v) is 10.4. The van der Waals surface area contributed by atoms with E-state index in [4.69, 9.17) is 0 Å². The average molecular weight is 326 g/mol. The number of hydrogen-bond acceptors (Lipinski definition) is 1. The molecule has 5 rings (SSSR count). The summed E-state index contributed by atoms with van der Waals surface area (Å²) in [5, 5.41) is 0. The first kappa shape index (κ1) is 16.6. The molecular weight excluding hydrogens is 290 g/mol. The molecule has 4 aliphatic carbocycles. The van der Waals surface area contributed by atoms with Crippen LogP contribution >= 0.6 is 0 Å². The zero-order chi connectivity index (χ0) is 16.7. The summed E-state index contributed by atoms with van der Waals surface area (Å²) in [6, 6.07) is 12.3. The number of benzene rings is 1. The highest BCUT2D eigenvalue weighted by Gasteiger charge is 2.57. The third-order valence-corrected chi connectivity index (χ3v) is 7.76. The van der Waals surface area contributed by atoms with Crippen LogP contribution in [-0.4, -0.2) is 24.0 Å². The van der Waals surface area contributed by atoms with Gasteiger partial charge in [0.25, 0.3) is 0 Å². The summed E-state index contributed by atoms with van der Waals surface area (Å²) in [6.07, 6.45) is 8.99. The smallest absolute Gasteiger partial charge is 0.00722 e. The van der Waals surface area contributed by atoms with Gasteiger partial charge in [-0.05, 0) is 93.2 Å². The molecule has 0 saturated heterocycles. The Morgan fingerprint density at radius 2 is 1.62 bits per heavy atom. The summed E-state index contributed by atoms with van der Waals surface area (Å²) in [5.41, 5.74) is 2.23. The summed E-state index contributed by atoms with van der Waals surface area (Å²) >= 11 is 0. The molecule has 4 bridgehead atoms. The van der Waals surface area contributed by atoms with E-state index in [-0.39, 0.29) is 0 Å². The molecule has 132 valence electrons. The van der Waals surface area contributed by atoms with E-state index in [1.54, 1.807) is 12.0 Å².